The maximum absolute atomic E-state index is 12.2. The van der Waals surface area contributed by atoms with Crippen LogP contribution in [0.15, 0.2) is 50.1 Å². The van der Waals surface area contributed by atoms with Crippen molar-refractivity contribution in [3.05, 3.63) is 51.3 Å². The Balaban J connectivity index is 1.47. The Bertz CT molecular complexity index is 1020. The van der Waals surface area contributed by atoms with E-state index in [0.29, 0.717) is 16.4 Å². The van der Waals surface area contributed by atoms with Gasteiger partial charge in [0, 0.05) is 10.8 Å². The summed E-state index contributed by atoms with van der Waals surface area (Å²) in [6.07, 6.45) is 0.149. The topological polar surface area (TPSA) is 68.0 Å². The number of hydrogen-bond acceptors (Lipinski definition) is 6. The van der Waals surface area contributed by atoms with Crippen molar-refractivity contribution in [2.24, 2.45) is 0 Å². The summed E-state index contributed by atoms with van der Waals surface area (Å²) in [5.41, 5.74) is 2.17. The number of aromatic nitrogens is 2. The molecule has 0 aliphatic heterocycles. The van der Waals surface area contributed by atoms with Gasteiger partial charge in [0.05, 0.1) is 20.8 Å². The Kier molecular flexibility index (Phi) is 4.17. The van der Waals surface area contributed by atoms with E-state index in [0.717, 1.165) is 19.7 Å². The Morgan fingerprint density at radius 3 is 2.96 bits per heavy atom. The normalized spacial score (nSPS) is 11.0. The molecule has 24 heavy (non-hydrogen) atoms. The molecular weight excluding hydrogens is 410 g/mol. The second kappa shape index (κ2) is 6.46. The fraction of sp³-hybridized carbons (Fsp3) is 0.0625. The Labute approximate surface area is 153 Å². The van der Waals surface area contributed by atoms with E-state index in [1.165, 1.54) is 11.3 Å². The number of para-hydroxylation sites is 1. The van der Waals surface area contributed by atoms with Crippen molar-refractivity contribution < 1.29 is 9.32 Å². The van der Waals surface area contributed by atoms with Gasteiger partial charge in [0.25, 0.3) is 0 Å². The van der Waals surface area contributed by atoms with Gasteiger partial charge in [0.2, 0.25) is 5.91 Å². The van der Waals surface area contributed by atoms with Crippen LogP contribution in [0.5, 0.6) is 0 Å². The summed E-state index contributed by atoms with van der Waals surface area (Å²) < 4.78 is 6.27. The lowest BCUT2D eigenvalue weighted by Gasteiger charge is -1.99. The van der Waals surface area contributed by atoms with Crippen molar-refractivity contribution in [2.75, 3.05) is 5.32 Å². The third kappa shape index (κ3) is 3.12. The predicted molar refractivity (Wildman–Crippen MR) is 99.5 cm³/mol. The molecule has 0 bridgehead atoms. The number of anilines is 1. The number of carbonyl (C=O) groups is 1. The molecule has 120 valence electrons. The quantitative estimate of drug-likeness (QED) is 0.507. The molecule has 3 aromatic heterocycles. The molecule has 0 aliphatic carbocycles. The number of thiophene rings is 1. The summed E-state index contributed by atoms with van der Waals surface area (Å²) in [6.45, 7) is 0. The molecule has 1 N–H and O–H groups in total. The van der Waals surface area contributed by atoms with E-state index in [-0.39, 0.29) is 12.3 Å². The van der Waals surface area contributed by atoms with Gasteiger partial charge in [-0.25, -0.2) is 4.98 Å². The van der Waals surface area contributed by atoms with Gasteiger partial charge < -0.3 is 9.84 Å². The summed E-state index contributed by atoms with van der Waals surface area (Å²) in [4.78, 5) is 17.8. The molecule has 0 unspecified atom stereocenters. The largest absolute Gasteiger partial charge is 0.356 e. The van der Waals surface area contributed by atoms with Crippen molar-refractivity contribution in [3.8, 4) is 10.6 Å². The maximum Gasteiger partial charge on any atom is 0.232 e. The highest BCUT2D eigenvalue weighted by Crippen LogP contribution is 2.33. The van der Waals surface area contributed by atoms with E-state index < -0.39 is 0 Å². The average molecular weight is 420 g/mol. The molecule has 0 aliphatic rings. The third-order valence-corrected chi connectivity index (χ3v) is 5.76. The maximum atomic E-state index is 12.2. The van der Waals surface area contributed by atoms with Gasteiger partial charge in [-0.3, -0.25) is 4.79 Å². The standard InChI is InChI=1S/C16H10BrN3O2S2/c17-14-6-5-13(24-14)11-8-23-16(18-11)19-15(21)7-10-9-3-1-2-4-12(9)22-20-10/h1-6,8H,7H2,(H,18,19,21). The molecule has 0 saturated heterocycles. The first-order chi connectivity index (χ1) is 11.7. The van der Waals surface area contributed by atoms with Crippen LogP contribution < -0.4 is 5.32 Å². The minimum absolute atomic E-state index is 0.149. The SMILES string of the molecule is O=C(Cc1noc2ccccc12)Nc1nc(-c2ccc(Br)s2)cs1. The highest BCUT2D eigenvalue weighted by atomic mass is 79.9. The number of benzene rings is 1. The molecule has 0 radical (unpaired) electrons. The summed E-state index contributed by atoms with van der Waals surface area (Å²) in [7, 11) is 0. The highest BCUT2D eigenvalue weighted by molar-refractivity contribution is 9.11. The molecule has 1 aromatic carbocycles. The number of carbonyl (C=O) groups excluding carboxylic acids is 1. The van der Waals surface area contributed by atoms with Crippen LogP contribution in [0.3, 0.4) is 0 Å². The molecule has 0 fully saturated rings. The van der Waals surface area contributed by atoms with Crippen LogP contribution in [-0.2, 0) is 11.2 Å². The Morgan fingerprint density at radius 2 is 2.12 bits per heavy atom. The number of halogens is 1. The van der Waals surface area contributed by atoms with Crippen molar-refractivity contribution in [1.29, 1.82) is 0 Å². The number of fused-ring (bicyclic) bond motifs is 1. The van der Waals surface area contributed by atoms with Crippen LogP contribution in [0.2, 0.25) is 0 Å². The van der Waals surface area contributed by atoms with Crippen molar-refractivity contribution >= 4 is 60.6 Å². The Hall–Kier alpha value is -2.03. The minimum atomic E-state index is -0.165. The molecule has 0 spiro atoms. The lowest BCUT2D eigenvalue weighted by atomic mass is 10.2. The summed E-state index contributed by atoms with van der Waals surface area (Å²) in [6, 6.07) is 11.5. The molecule has 5 nitrogen and oxygen atoms in total. The summed E-state index contributed by atoms with van der Waals surface area (Å²) in [5, 5.41) is 10.2. The molecule has 4 aromatic rings. The molecule has 4 rings (SSSR count). The van der Waals surface area contributed by atoms with Crippen molar-refractivity contribution in [3.63, 3.8) is 0 Å². The minimum Gasteiger partial charge on any atom is -0.356 e. The van der Waals surface area contributed by atoms with Gasteiger partial charge in [0.15, 0.2) is 10.7 Å². The molecule has 0 saturated carbocycles. The monoisotopic (exact) mass is 419 g/mol. The number of rotatable bonds is 4. The second-order valence-electron chi connectivity index (χ2n) is 4.99. The fourth-order valence-electron chi connectivity index (χ4n) is 2.28. The zero-order chi connectivity index (χ0) is 16.5. The first-order valence-electron chi connectivity index (χ1n) is 7.03. The first kappa shape index (κ1) is 15.5. The van der Waals surface area contributed by atoms with Crippen LogP contribution in [0.1, 0.15) is 5.69 Å². The lowest BCUT2D eigenvalue weighted by Crippen LogP contribution is -2.14. The smallest absolute Gasteiger partial charge is 0.232 e. The molecule has 8 heteroatoms. The number of nitrogens with one attached hydrogen (secondary N) is 1. The van der Waals surface area contributed by atoms with Crippen LogP contribution >= 0.6 is 38.6 Å². The highest BCUT2D eigenvalue weighted by Gasteiger charge is 2.14. The van der Waals surface area contributed by atoms with Gasteiger partial charge in [-0.2, -0.15) is 0 Å². The zero-order valence-electron chi connectivity index (χ0n) is 12.2. The van der Waals surface area contributed by atoms with Crippen LogP contribution in [0.25, 0.3) is 21.5 Å². The molecule has 1 amide bonds. The number of amides is 1. The molecule has 3 heterocycles. The van der Waals surface area contributed by atoms with Gasteiger partial charge >= 0.3 is 0 Å². The van der Waals surface area contributed by atoms with Gasteiger partial charge in [-0.1, -0.05) is 17.3 Å². The number of hydrogen-bond donors (Lipinski definition) is 1. The fourth-order valence-corrected chi connectivity index (χ4v) is 4.43. The summed E-state index contributed by atoms with van der Waals surface area (Å²) >= 11 is 6.44. The van der Waals surface area contributed by atoms with Crippen LogP contribution in [0, 0.1) is 0 Å². The summed E-state index contributed by atoms with van der Waals surface area (Å²) in [5.74, 6) is -0.165. The second-order valence-corrected chi connectivity index (χ2v) is 8.31. The average Bonchev–Trinajstić information content (AvgIpc) is 3.28. The van der Waals surface area contributed by atoms with E-state index in [4.69, 9.17) is 4.52 Å². The van der Waals surface area contributed by atoms with E-state index in [1.807, 2.05) is 41.8 Å². The van der Waals surface area contributed by atoms with E-state index >= 15 is 0 Å². The number of thiazole rings is 1. The van der Waals surface area contributed by atoms with Crippen LogP contribution in [0.4, 0.5) is 5.13 Å². The first-order valence-corrected chi connectivity index (χ1v) is 9.52. The van der Waals surface area contributed by atoms with Gasteiger partial charge in [-0.05, 0) is 40.2 Å². The van der Waals surface area contributed by atoms with E-state index in [9.17, 15) is 4.79 Å². The van der Waals surface area contributed by atoms with E-state index in [1.54, 1.807) is 11.3 Å². The number of nitrogens with zero attached hydrogens (tertiary/aromatic N) is 2. The predicted octanol–water partition coefficient (Wildman–Crippen LogP) is 4.96. The van der Waals surface area contributed by atoms with Gasteiger partial charge in [0.1, 0.15) is 5.69 Å². The Morgan fingerprint density at radius 1 is 1.25 bits per heavy atom. The van der Waals surface area contributed by atoms with E-state index in [2.05, 4.69) is 31.4 Å². The van der Waals surface area contributed by atoms with Crippen molar-refractivity contribution in [1.82, 2.24) is 10.1 Å². The lowest BCUT2D eigenvalue weighted by molar-refractivity contribution is -0.115. The third-order valence-electron chi connectivity index (χ3n) is 3.36. The molecule has 0 atom stereocenters. The van der Waals surface area contributed by atoms with Crippen LogP contribution in [-0.4, -0.2) is 16.0 Å². The van der Waals surface area contributed by atoms with Crippen molar-refractivity contribution in [2.45, 2.75) is 6.42 Å². The molecular formula is C16H10BrN3O2S2. The zero-order valence-corrected chi connectivity index (χ0v) is 15.4. The van der Waals surface area contributed by atoms with Gasteiger partial charge in [-0.15, -0.1) is 22.7 Å².